The number of nitrogens with zero attached hydrogens (tertiary/aromatic N) is 2. The topological polar surface area (TPSA) is 43.8 Å². The Labute approximate surface area is 83.2 Å². The van der Waals surface area contributed by atoms with Crippen LogP contribution in [0.3, 0.4) is 0 Å². The van der Waals surface area contributed by atoms with Crippen LogP contribution in [0.15, 0.2) is 36.5 Å². The van der Waals surface area contributed by atoms with E-state index < -0.39 is 0 Å². The van der Waals surface area contributed by atoms with E-state index in [-0.39, 0.29) is 0 Å². The summed E-state index contributed by atoms with van der Waals surface area (Å²) in [5.41, 5.74) is 8.89. The van der Waals surface area contributed by atoms with Crippen LogP contribution < -0.4 is 5.73 Å². The molecule has 3 heteroatoms. The van der Waals surface area contributed by atoms with Gasteiger partial charge in [-0.15, -0.1) is 0 Å². The van der Waals surface area contributed by atoms with Crippen LogP contribution in [0.25, 0.3) is 5.69 Å². The molecule has 0 unspecified atom stereocenters. The molecule has 0 atom stereocenters. The summed E-state index contributed by atoms with van der Waals surface area (Å²) in [6, 6.07) is 10.1. The van der Waals surface area contributed by atoms with Gasteiger partial charge in [0.25, 0.3) is 0 Å². The molecule has 1 heterocycles. The monoisotopic (exact) mass is 187 g/mol. The Balaban J connectivity index is 2.47. The predicted molar refractivity (Wildman–Crippen MR) is 56.2 cm³/mol. The fourth-order valence-electron chi connectivity index (χ4n) is 1.46. The first-order valence-corrected chi connectivity index (χ1v) is 4.61. The molecule has 2 aromatic rings. The van der Waals surface area contributed by atoms with Gasteiger partial charge in [0.1, 0.15) is 0 Å². The van der Waals surface area contributed by atoms with Gasteiger partial charge < -0.3 is 5.73 Å². The Bertz CT molecular complexity index is 432. The molecule has 1 aromatic carbocycles. The Hall–Kier alpha value is -1.61. The number of aromatic nitrogens is 2. The van der Waals surface area contributed by atoms with Gasteiger partial charge in [-0.2, -0.15) is 5.10 Å². The fraction of sp³-hybridized carbons (Fsp3) is 0.182. The van der Waals surface area contributed by atoms with Crippen LogP contribution in [0.5, 0.6) is 0 Å². The van der Waals surface area contributed by atoms with Crippen LogP contribution in [0.1, 0.15) is 11.3 Å². The highest BCUT2D eigenvalue weighted by molar-refractivity contribution is 5.36. The first kappa shape index (κ1) is 8.97. The molecule has 0 bridgehead atoms. The molecular formula is C11H13N3. The second-order valence-electron chi connectivity index (χ2n) is 3.26. The van der Waals surface area contributed by atoms with E-state index in [9.17, 15) is 0 Å². The average Bonchev–Trinajstić information content (AvgIpc) is 2.65. The predicted octanol–water partition coefficient (Wildman–Crippen LogP) is 1.64. The normalized spacial score (nSPS) is 10.4. The molecule has 2 rings (SSSR count). The molecule has 0 radical (unpaired) electrons. The molecular weight excluding hydrogens is 174 g/mol. The lowest BCUT2D eigenvalue weighted by Gasteiger charge is -2.05. The van der Waals surface area contributed by atoms with E-state index in [0.29, 0.717) is 6.54 Å². The van der Waals surface area contributed by atoms with Crippen molar-refractivity contribution in [3.05, 3.63) is 47.8 Å². The van der Waals surface area contributed by atoms with Gasteiger partial charge in [-0.25, -0.2) is 4.68 Å². The number of nitrogens with two attached hydrogens (primary N) is 1. The molecule has 0 spiro atoms. The lowest BCUT2D eigenvalue weighted by Crippen LogP contribution is -2.01. The van der Waals surface area contributed by atoms with Crippen molar-refractivity contribution in [1.29, 1.82) is 0 Å². The second kappa shape index (κ2) is 3.64. The van der Waals surface area contributed by atoms with E-state index in [4.69, 9.17) is 5.73 Å². The lowest BCUT2D eigenvalue weighted by atomic mass is 10.2. The summed E-state index contributed by atoms with van der Waals surface area (Å²) in [5, 5.41) is 4.24. The van der Waals surface area contributed by atoms with Crippen molar-refractivity contribution in [3.8, 4) is 5.69 Å². The van der Waals surface area contributed by atoms with Crippen molar-refractivity contribution in [2.45, 2.75) is 13.5 Å². The summed E-state index contributed by atoms with van der Waals surface area (Å²) in [5.74, 6) is 0. The van der Waals surface area contributed by atoms with Gasteiger partial charge >= 0.3 is 0 Å². The van der Waals surface area contributed by atoms with E-state index in [0.717, 1.165) is 16.9 Å². The zero-order chi connectivity index (χ0) is 9.97. The second-order valence-corrected chi connectivity index (χ2v) is 3.26. The Kier molecular flexibility index (Phi) is 2.33. The van der Waals surface area contributed by atoms with E-state index in [1.807, 2.05) is 35.9 Å². The minimum Gasteiger partial charge on any atom is -0.326 e. The van der Waals surface area contributed by atoms with Crippen molar-refractivity contribution in [2.75, 3.05) is 0 Å². The summed E-state index contributed by atoms with van der Waals surface area (Å²) in [7, 11) is 0. The summed E-state index contributed by atoms with van der Waals surface area (Å²) in [6.45, 7) is 2.59. The van der Waals surface area contributed by atoms with E-state index in [1.165, 1.54) is 0 Å². The van der Waals surface area contributed by atoms with Crippen molar-refractivity contribution in [2.24, 2.45) is 5.73 Å². The molecule has 1 aromatic heterocycles. The highest BCUT2D eigenvalue weighted by atomic mass is 15.3. The first-order valence-electron chi connectivity index (χ1n) is 4.61. The van der Waals surface area contributed by atoms with Gasteiger partial charge in [-0.3, -0.25) is 0 Å². The smallest absolute Gasteiger partial charge is 0.0651 e. The van der Waals surface area contributed by atoms with Gasteiger partial charge in [0.15, 0.2) is 0 Å². The van der Waals surface area contributed by atoms with Crippen molar-refractivity contribution in [3.63, 3.8) is 0 Å². The first-order chi connectivity index (χ1) is 6.81. The Morgan fingerprint density at radius 3 is 2.86 bits per heavy atom. The molecule has 72 valence electrons. The van der Waals surface area contributed by atoms with Crippen LogP contribution >= 0.6 is 0 Å². The van der Waals surface area contributed by atoms with Crippen LogP contribution in [0, 0.1) is 6.92 Å². The fourth-order valence-corrected chi connectivity index (χ4v) is 1.46. The maximum Gasteiger partial charge on any atom is 0.0651 e. The summed E-state index contributed by atoms with van der Waals surface area (Å²) in [6.07, 6.45) is 1.80. The molecule has 2 N–H and O–H groups in total. The number of hydrogen-bond donors (Lipinski definition) is 1. The summed E-state index contributed by atoms with van der Waals surface area (Å²) < 4.78 is 1.90. The maximum absolute atomic E-state index is 5.58. The molecule has 0 aliphatic carbocycles. The van der Waals surface area contributed by atoms with Gasteiger partial charge in [-0.1, -0.05) is 12.1 Å². The van der Waals surface area contributed by atoms with Crippen molar-refractivity contribution >= 4 is 0 Å². The van der Waals surface area contributed by atoms with E-state index >= 15 is 0 Å². The number of rotatable bonds is 2. The minimum absolute atomic E-state index is 0.564. The molecule has 0 saturated heterocycles. The number of aryl methyl sites for hydroxylation is 1. The summed E-state index contributed by atoms with van der Waals surface area (Å²) in [4.78, 5) is 0. The lowest BCUT2D eigenvalue weighted by molar-refractivity contribution is 0.844. The van der Waals surface area contributed by atoms with E-state index in [2.05, 4.69) is 11.2 Å². The molecule has 0 saturated carbocycles. The van der Waals surface area contributed by atoms with Crippen LogP contribution in [-0.4, -0.2) is 9.78 Å². The highest BCUT2D eigenvalue weighted by Gasteiger charge is 2.00. The standard InChI is InChI=1S/C11H13N3/c1-9-5-6-13-14(9)11-4-2-3-10(7-11)8-12/h2-7H,8,12H2,1H3. The maximum atomic E-state index is 5.58. The molecule has 3 nitrogen and oxygen atoms in total. The Morgan fingerprint density at radius 2 is 2.21 bits per heavy atom. The zero-order valence-electron chi connectivity index (χ0n) is 8.14. The van der Waals surface area contributed by atoms with Gasteiger partial charge in [0.05, 0.1) is 5.69 Å². The number of benzene rings is 1. The van der Waals surface area contributed by atoms with Gasteiger partial charge in [0.2, 0.25) is 0 Å². The minimum atomic E-state index is 0.564. The van der Waals surface area contributed by atoms with Crippen molar-refractivity contribution < 1.29 is 0 Å². The van der Waals surface area contributed by atoms with Crippen LogP contribution in [0.4, 0.5) is 0 Å². The number of hydrogen-bond acceptors (Lipinski definition) is 2. The quantitative estimate of drug-likeness (QED) is 0.776. The average molecular weight is 187 g/mol. The SMILES string of the molecule is Cc1ccnn1-c1cccc(CN)c1. The summed E-state index contributed by atoms with van der Waals surface area (Å²) >= 11 is 0. The third-order valence-corrected chi connectivity index (χ3v) is 2.22. The van der Waals surface area contributed by atoms with Crippen LogP contribution in [-0.2, 0) is 6.54 Å². The Morgan fingerprint density at radius 1 is 1.36 bits per heavy atom. The van der Waals surface area contributed by atoms with Gasteiger partial charge in [0, 0.05) is 18.4 Å². The third-order valence-electron chi connectivity index (χ3n) is 2.22. The molecule has 0 aliphatic heterocycles. The van der Waals surface area contributed by atoms with Crippen LogP contribution in [0.2, 0.25) is 0 Å². The zero-order valence-corrected chi connectivity index (χ0v) is 8.14. The molecule has 14 heavy (non-hydrogen) atoms. The van der Waals surface area contributed by atoms with Crippen molar-refractivity contribution in [1.82, 2.24) is 9.78 Å². The molecule has 0 aliphatic rings. The third kappa shape index (κ3) is 1.54. The molecule has 0 fully saturated rings. The highest BCUT2D eigenvalue weighted by Crippen LogP contribution is 2.11. The largest absolute Gasteiger partial charge is 0.326 e. The molecule has 0 amide bonds. The van der Waals surface area contributed by atoms with Gasteiger partial charge in [-0.05, 0) is 30.7 Å². The van der Waals surface area contributed by atoms with E-state index in [1.54, 1.807) is 6.20 Å².